The lowest BCUT2D eigenvalue weighted by Crippen LogP contribution is -2.50. The largest absolute Gasteiger partial charge is 0.381 e. The molecule has 0 aromatic carbocycles. The first-order chi connectivity index (χ1) is 15.4. The van der Waals surface area contributed by atoms with Crippen LogP contribution in [0.2, 0.25) is 0 Å². The summed E-state index contributed by atoms with van der Waals surface area (Å²) < 4.78 is 6.70. The number of rotatable bonds is 14. The maximum atomic E-state index is 6.70. The standard InChI is InChI=1S/C30H56O/c1-2-3-4-5-6-7-8-18-25-31-26-30(27-19-12-9-13-20-27,28-21-14-10-15-22-28)29-23-16-11-17-24-29/h27-29H,2-26H2,1H3. The summed E-state index contributed by atoms with van der Waals surface area (Å²) in [6, 6.07) is 0. The smallest absolute Gasteiger partial charge is 0.0530 e. The maximum Gasteiger partial charge on any atom is 0.0530 e. The molecule has 0 aromatic heterocycles. The van der Waals surface area contributed by atoms with E-state index in [0.717, 1.165) is 31.0 Å². The molecule has 0 aliphatic heterocycles. The van der Waals surface area contributed by atoms with Gasteiger partial charge < -0.3 is 4.74 Å². The van der Waals surface area contributed by atoms with Gasteiger partial charge in [-0.25, -0.2) is 0 Å². The predicted molar refractivity (Wildman–Crippen MR) is 136 cm³/mol. The minimum Gasteiger partial charge on any atom is -0.381 e. The van der Waals surface area contributed by atoms with Crippen molar-refractivity contribution in [2.24, 2.45) is 23.2 Å². The average Bonchev–Trinajstić information content (AvgIpc) is 2.84. The lowest BCUT2D eigenvalue weighted by Gasteiger charge is -2.54. The van der Waals surface area contributed by atoms with Crippen LogP contribution in [-0.2, 0) is 4.74 Å². The third-order valence-electron chi connectivity index (χ3n) is 9.59. The lowest BCUT2D eigenvalue weighted by atomic mass is 9.51. The highest BCUT2D eigenvalue weighted by Gasteiger charge is 2.50. The van der Waals surface area contributed by atoms with Crippen LogP contribution in [0, 0.1) is 23.2 Å². The number of unbranched alkanes of at least 4 members (excludes halogenated alkanes) is 7. The Morgan fingerprint density at radius 2 is 0.903 bits per heavy atom. The molecule has 0 unspecified atom stereocenters. The molecule has 3 rings (SSSR count). The predicted octanol–water partition coefficient (Wildman–Crippen LogP) is 9.87. The number of ether oxygens (including phenoxy) is 1. The first kappa shape index (κ1) is 25.6. The van der Waals surface area contributed by atoms with Gasteiger partial charge in [-0.05, 0) is 62.7 Å². The zero-order valence-corrected chi connectivity index (χ0v) is 21.3. The van der Waals surface area contributed by atoms with Gasteiger partial charge in [0.05, 0.1) is 6.61 Å². The van der Waals surface area contributed by atoms with Crippen LogP contribution in [0.1, 0.15) is 155 Å². The summed E-state index contributed by atoms with van der Waals surface area (Å²) in [5.41, 5.74) is 0.529. The van der Waals surface area contributed by atoms with Gasteiger partial charge in [0.15, 0.2) is 0 Å². The maximum absolute atomic E-state index is 6.70. The highest BCUT2D eigenvalue weighted by atomic mass is 16.5. The fraction of sp³-hybridized carbons (Fsp3) is 1.00. The van der Waals surface area contributed by atoms with Gasteiger partial charge in [0.1, 0.15) is 0 Å². The van der Waals surface area contributed by atoms with Gasteiger partial charge in [-0.3, -0.25) is 0 Å². The van der Waals surface area contributed by atoms with Gasteiger partial charge in [-0.2, -0.15) is 0 Å². The third-order valence-corrected chi connectivity index (χ3v) is 9.59. The molecule has 0 atom stereocenters. The van der Waals surface area contributed by atoms with Crippen molar-refractivity contribution in [3.63, 3.8) is 0 Å². The summed E-state index contributed by atoms with van der Waals surface area (Å²) in [4.78, 5) is 0. The van der Waals surface area contributed by atoms with Gasteiger partial charge in [0, 0.05) is 12.0 Å². The van der Waals surface area contributed by atoms with Crippen LogP contribution < -0.4 is 0 Å². The van der Waals surface area contributed by atoms with E-state index in [1.807, 2.05) is 0 Å². The average molecular weight is 433 g/mol. The Morgan fingerprint density at radius 3 is 1.32 bits per heavy atom. The van der Waals surface area contributed by atoms with Gasteiger partial charge >= 0.3 is 0 Å². The van der Waals surface area contributed by atoms with E-state index in [-0.39, 0.29) is 0 Å². The molecular weight excluding hydrogens is 376 g/mol. The molecule has 1 nitrogen and oxygen atoms in total. The van der Waals surface area contributed by atoms with E-state index in [0.29, 0.717) is 5.41 Å². The molecule has 3 saturated carbocycles. The summed E-state index contributed by atoms with van der Waals surface area (Å²) in [5.74, 6) is 2.89. The molecule has 0 bridgehead atoms. The molecule has 182 valence electrons. The molecule has 3 aliphatic carbocycles. The second kappa shape index (κ2) is 15.0. The zero-order chi connectivity index (χ0) is 21.6. The Bertz CT molecular complexity index is 380. The summed E-state index contributed by atoms with van der Waals surface area (Å²) in [6.45, 7) is 4.46. The first-order valence-electron chi connectivity index (χ1n) is 15.0. The van der Waals surface area contributed by atoms with E-state index >= 15 is 0 Å². The minimum absolute atomic E-state index is 0.529. The number of hydrogen-bond donors (Lipinski definition) is 0. The Morgan fingerprint density at radius 1 is 0.516 bits per heavy atom. The van der Waals surface area contributed by atoms with Crippen LogP contribution in [0.3, 0.4) is 0 Å². The Kier molecular flexibility index (Phi) is 12.4. The Hall–Kier alpha value is -0.0400. The van der Waals surface area contributed by atoms with Crippen LogP contribution in [0.25, 0.3) is 0 Å². The molecular formula is C30H56O. The van der Waals surface area contributed by atoms with Gasteiger partial charge in [-0.1, -0.05) is 110 Å². The van der Waals surface area contributed by atoms with Gasteiger partial charge in [0.25, 0.3) is 0 Å². The van der Waals surface area contributed by atoms with Crippen molar-refractivity contribution in [3.05, 3.63) is 0 Å². The molecule has 0 saturated heterocycles. The number of hydrogen-bond acceptors (Lipinski definition) is 1. The van der Waals surface area contributed by atoms with Gasteiger partial charge in [0.2, 0.25) is 0 Å². The van der Waals surface area contributed by atoms with E-state index in [2.05, 4.69) is 6.92 Å². The van der Waals surface area contributed by atoms with E-state index in [1.54, 1.807) is 0 Å². The van der Waals surface area contributed by atoms with E-state index in [1.165, 1.54) is 148 Å². The van der Waals surface area contributed by atoms with Crippen LogP contribution in [0.5, 0.6) is 0 Å². The fourth-order valence-corrected chi connectivity index (χ4v) is 7.86. The van der Waals surface area contributed by atoms with Crippen molar-refractivity contribution in [2.45, 2.75) is 155 Å². The molecule has 1 heteroatoms. The zero-order valence-electron chi connectivity index (χ0n) is 21.3. The molecule has 0 aromatic rings. The van der Waals surface area contributed by atoms with Crippen molar-refractivity contribution in [3.8, 4) is 0 Å². The van der Waals surface area contributed by atoms with Crippen LogP contribution in [0.15, 0.2) is 0 Å². The summed E-state index contributed by atoms with van der Waals surface area (Å²) in [5, 5.41) is 0. The monoisotopic (exact) mass is 432 g/mol. The topological polar surface area (TPSA) is 9.23 Å². The third kappa shape index (κ3) is 7.75. The second-order valence-electron chi connectivity index (χ2n) is 11.6. The summed E-state index contributed by atoms with van der Waals surface area (Å²) in [7, 11) is 0. The highest BCUT2D eigenvalue weighted by Crippen LogP contribution is 2.56. The molecule has 0 radical (unpaired) electrons. The Balaban J connectivity index is 1.55. The van der Waals surface area contributed by atoms with Crippen LogP contribution >= 0.6 is 0 Å². The van der Waals surface area contributed by atoms with Crippen LogP contribution in [-0.4, -0.2) is 13.2 Å². The molecule has 3 fully saturated rings. The molecule has 0 heterocycles. The highest BCUT2D eigenvalue weighted by molar-refractivity contribution is 4.99. The quantitative estimate of drug-likeness (QED) is 0.248. The Labute approximate surface area is 195 Å². The van der Waals surface area contributed by atoms with Crippen molar-refractivity contribution >= 4 is 0 Å². The molecule has 0 amide bonds. The van der Waals surface area contributed by atoms with E-state index < -0.39 is 0 Å². The fourth-order valence-electron chi connectivity index (χ4n) is 7.86. The summed E-state index contributed by atoms with van der Waals surface area (Å²) >= 11 is 0. The van der Waals surface area contributed by atoms with Crippen molar-refractivity contribution in [2.75, 3.05) is 13.2 Å². The van der Waals surface area contributed by atoms with Crippen molar-refractivity contribution in [1.82, 2.24) is 0 Å². The normalized spacial score (nSPS) is 22.7. The van der Waals surface area contributed by atoms with E-state index in [9.17, 15) is 0 Å². The second-order valence-corrected chi connectivity index (χ2v) is 11.6. The summed E-state index contributed by atoms with van der Waals surface area (Å²) in [6.07, 6.45) is 33.7. The van der Waals surface area contributed by atoms with Crippen molar-refractivity contribution in [1.29, 1.82) is 0 Å². The van der Waals surface area contributed by atoms with Crippen LogP contribution in [0.4, 0.5) is 0 Å². The first-order valence-corrected chi connectivity index (χ1v) is 15.0. The molecule has 31 heavy (non-hydrogen) atoms. The molecule has 0 N–H and O–H groups in total. The lowest BCUT2D eigenvalue weighted by molar-refractivity contribution is -0.107. The van der Waals surface area contributed by atoms with Gasteiger partial charge in [-0.15, -0.1) is 0 Å². The SMILES string of the molecule is CCCCCCCCCCOCC(C1CCCCC1)(C1CCCCC1)C1CCCCC1. The van der Waals surface area contributed by atoms with E-state index in [4.69, 9.17) is 4.74 Å². The molecule has 0 spiro atoms. The molecule has 3 aliphatic rings. The minimum atomic E-state index is 0.529. The van der Waals surface area contributed by atoms with Crippen molar-refractivity contribution < 1.29 is 4.74 Å².